The van der Waals surface area contributed by atoms with E-state index in [0.29, 0.717) is 0 Å². The van der Waals surface area contributed by atoms with Gasteiger partial charge in [0.2, 0.25) is 5.76 Å². The molecule has 0 aliphatic carbocycles. The second-order valence-electron chi connectivity index (χ2n) is 3.26. The Bertz CT molecular complexity index is 523. The van der Waals surface area contributed by atoms with Crippen LogP contribution in [-0.4, -0.2) is 31.3 Å². The lowest BCUT2D eigenvalue weighted by atomic mass is 10.2. The van der Waals surface area contributed by atoms with Crippen LogP contribution in [0.15, 0.2) is 30.2 Å². The Labute approximate surface area is 114 Å². The summed E-state index contributed by atoms with van der Waals surface area (Å²) in [5.74, 6) is -2.37. The van der Waals surface area contributed by atoms with Gasteiger partial charge in [-0.25, -0.2) is 9.59 Å². The van der Waals surface area contributed by atoms with Gasteiger partial charge in [0.25, 0.3) is 0 Å². The number of carboxylic acid groups (broad SMARTS) is 1. The zero-order valence-electron chi connectivity index (χ0n) is 10.2. The van der Waals surface area contributed by atoms with E-state index in [0.717, 1.165) is 13.4 Å². The second kappa shape index (κ2) is 6.65. The van der Waals surface area contributed by atoms with E-state index >= 15 is 0 Å². The van der Waals surface area contributed by atoms with Gasteiger partial charge in [-0.15, -0.1) is 0 Å². The summed E-state index contributed by atoms with van der Waals surface area (Å²) in [5.41, 5.74) is -0.182. The number of carboxylic acids is 1. The average molecular weight is 287 g/mol. The summed E-state index contributed by atoms with van der Waals surface area (Å²) in [7, 11) is 2.47. The fraction of sp³-hybridized carbons (Fsp3) is 0.167. The molecule has 0 atom stereocenters. The lowest BCUT2D eigenvalue weighted by Gasteiger charge is -2.10. The van der Waals surface area contributed by atoms with Crippen molar-refractivity contribution >= 4 is 23.5 Å². The van der Waals surface area contributed by atoms with Crippen LogP contribution in [0.1, 0.15) is 10.4 Å². The number of carbonyl (C=O) groups excluding carboxylic acids is 1. The van der Waals surface area contributed by atoms with Crippen LogP contribution in [0.2, 0.25) is 5.02 Å². The molecule has 1 N–H and O–H groups in total. The van der Waals surface area contributed by atoms with Crippen LogP contribution in [0.3, 0.4) is 0 Å². The van der Waals surface area contributed by atoms with E-state index in [1.165, 1.54) is 25.3 Å². The number of halogens is 1. The third kappa shape index (κ3) is 3.89. The summed E-state index contributed by atoms with van der Waals surface area (Å²) in [6, 6.07) is 3.98. The first-order chi connectivity index (χ1) is 8.99. The van der Waals surface area contributed by atoms with Gasteiger partial charge in [-0.05, 0) is 18.2 Å². The number of rotatable bonds is 5. The number of aromatic carboxylic acids is 1. The molecule has 7 heteroatoms. The molecule has 19 heavy (non-hydrogen) atoms. The van der Waals surface area contributed by atoms with Crippen molar-refractivity contribution in [3.8, 4) is 5.75 Å². The molecule has 0 fully saturated rings. The normalized spacial score (nSPS) is 10.8. The van der Waals surface area contributed by atoms with Crippen LogP contribution in [0.4, 0.5) is 0 Å². The van der Waals surface area contributed by atoms with Crippen LogP contribution in [0, 0.1) is 0 Å². The number of hydrogen-bond acceptors (Lipinski definition) is 5. The van der Waals surface area contributed by atoms with E-state index in [9.17, 15) is 9.59 Å². The number of hydrogen-bond donors (Lipinski definition) is 1. The number of esters is 1. The van der Waals surface area contributed by atoms with E-state index < -0.39 is 11.9 Å². The number of ether oxygens (including phenoxy) is 3. The zero-order chi connectivity index (χ0) is 14.4. The van der Waals surface area contributed by atoms with Crippen molar-refractivity contribution in [1.29, 1.82) is 0 Å². The largest absolute Gasteiger partial charge is 0.500 e. The fourth-order valence-corrected chi connectivity index (χ4v) is 1.37. The van der Waals surface area contributed by atoms with Crippen molar-refractivity contribution < 1.29 is 28.9 Å². The lowest BCUT2D eigenvalue weighted by molar-refractivity contribution is -0.138. The first-order valence-electron chi connectivity index (χ1n) is 5.01. The van der Waals surface area contributed by atoms with Gasteiger partial charge in [0.15, 0.2) is 0 Å². The van der Waals surface area contributed by atoms with Gasteiger partial charge in [-0.1, -0.05) is 11.6 Å². The van der Waals surface area contributed by atoms with Crippen LogP contribution >= 0.6 is 11.6 Å². The van der Waals surface area contributed by atoms with E-state index in [-0.39, 0.29) is 22.1 Å². The second-order valence-corrected chi connectivity index (χ2v) is 3.69. The molecule has 0 aromatic heterocycles. The van der Waals surface area contributed by atoms with Gasteiger partial charge < -0.3 is 19.3 Å². The molecule has 0 radical (unpaired) electrons. The van der Waals surface area contributed by atoms with Crippen LogP contribution in [0.5, 0.6) is 5.75 Å². The van der Waals surface area contributed by atoms with Gasteiger partial charge in [0, 0.05) is 5.02 Å². The first-order valence-corrected chi connectivity index (χ1v) is 5.39. The van der Waals surface area contributed by atoms with Gasteiger partial charge in [0.1, 0.15) is 17.6 Å². The minimum atomic E-state index is -1.24. The van der Waals surface area contributed by atoms with E-state index in [1.54, 1.807) is 0 Å². The molecule has 0 aliphatic heterocycles. The van der Waals surface area contributed by atoms with Crippen molar-refractivity contribution in [2.45, 2.75) is 0 Å². The Morgan fingerprint density at radius 2 is 2.00 bits per heavy atom. The topological polar surface area (TPSA) is 82.1 Å². The van der Waals surface area contributed by atoms with Crippen molar-refractivity contribution in [2.24, 2.45) is 0 Å². The monoisotopic (exact) mass is 286 g/mol. The molecule has 0 amide bonds. The van der Waals surface area contributed by atoms with Crippen molar-refractivity contribution in [2.75, 3.05) is 14.2 Å². The third-order valence-corrected chi connectivity index (χ3v) is 2.24. The molecule has 6 nitrogen and oxygen atoms in total. The summed E-state index contributed by atoms with van der Waals surface area (Å²) in [4.78, 5) is 22.4. The summed E-state index contributed by atoms with van der Waals surface area (Å²) in [5, 5.41) is 9.26. The molecule has 0 aliphatic rings. The molecular weight excluding hydrogens is 276 g/mol. The molecule has 0 spiro atoms. The van der Waals surface area contributed by atoms with Gasteiger partial charge in [-0.3, -0.25) is 0 Å². The Kier molecular flexibility index (Phi) is 5.20. The highest BCUT2D eigenvalue weighted by Crippen LogP contribution is 2.25. The molecule has 102 valence electrons. The highest BCUT2D eigenvalue weighted by Gasteiger charge is 2.18. The maximum Gasteiger partial charge on any atom is 0.377 e. The number of carbonyl (C=O) groups is 2. The Morgan fingerprint density at radius 3 is 2.53 bits per heavy atom. The molecule has 1 aromatic rings. The smallest absolute Gasteiger partial charge is 0.377 e. The summed E-state index contributed by atoms with van der Waals surface area (Å²) in [6.07, 6.45) is 1.01. The number of methoxy groups -OCH3 is 2. The fourth-order valence-electron chi connectivity index (χ4n) is 1.20. The van der Waals surface area contributed by atoms with Crippen molar-refractivity contribution in [3.63, 3.8) is 0 Å². The lowest BCUT2D eigenvalue weighted by Crippen LogP contribution is -2.13. The molecule has 0 heterocycles. The summed E-state index contributed by atoms with van der Waals surface area (Å²) in [6.45, 7) is 0. The van der Waals surface area contributed by atoms with Gasteiger partial charge >= 0.3 is 11.9 Å². The SMILES string of the molecule is COC=C(Oc1ccc(Cl)cc1C(=O)O)C(=O)OC. The Hall–Kier alpha value is -2.21. The van der Waals surface area contributed by atoms with E-state index in [2.05, 4.69) is 9.47 Å². The van der Waals surface area contributed by atoms with E-state index in [4.69, 9.17) is 21.4 Å². The molecular formula is C12H11ClO6. The molecule has 0 saturated heterocycles. The predicted molar refractivity (Wildman–Crippen MR) is 66.1 cm³/mol. The van der Waals surface area contributed by atoms with Crippen molar-refractivity contribution in [1.82, 2.24) is 0 Å². The molecule has 1 aromatic carbocycles. The van der Waals surface area contributed by atoms with Crippen LogP contribution in [-0.2, 0) is 14.3 Å². The standard InChI is InChI=1S/C12H11ClO6/c1-17-6-10(12(16)18-2)19-9-4-3-7(13)5-8(9)11(14)15/h3-6H,1-2H3,(H,14,15). The molecule has 0 bridgehead atoms. The highest BCUT2D eigenvalue weighted by atomic mass is 35.5. The van der Waals surface area contributed by atoms with Gasteiger partial charge in [0.05, 0.1) is 14.2 Å². The summed E-state index contributed by atoms with van der Waals surface area (Å²) < 4.78 is 14.3. The maximum atomic E-state index is 11.4. The highest BCUT2D eigenvalue weighted by molar-refractivity contribution is 6.31. The average Bonchev–Trinajstić information content (AvgIpc) is 2.38. The minimum Gasteiger partial charge on any atom is -0.500 e. The molecule has 0 saturated carbocycles. The first kappa shape index (κ1) is 14.8. The third-order valence-electron chi connectivity index (χ3n) is 2.00. The van der Waals surface area contributed by atoms with Crippen LogP contribution < -0.4 is 4.74 Å². The molecule has 0 unspecified atom stereocenters. The Balaban J connectivity index is 3.13. The van der Waals surface area contributed by atoms with Crippen LogP contribution in [0.25, 0.3) is 0 Å². The maximum absolute atomic E-state index is 11.4. The predicted octanol–water partition coefficient (Wildman–Crippen LogP) is 2.08. The number of benzene rings is 1. The zero-order valence-corrected chi connectivity index (χ0v) is 10.9. The Morgan fingerprint density at radius 1 is 1.32 bits per heavy atom. The quantitative estimate of drug-likeness (QED) is 0.507. The van der Waals surface area contributed by atoms with Crippen molar-refractivity contribution in [3.05, 3.63) is 40.8 Å². The molecule has 1 rings (SSSR count). The minimum absolute atomic E-state index is 0.0504. The van der Waals surface area contributed by atoms with Gasteiger partial charge in [-0.2, -0.15) is 0 Å². The van der Waals surface area contributed by atoms with E-state index in [1.807, 2.05) is 0 Å². The summed E-state index contributed by atoms with van der Waals surface area (Å²) >= 11 is 5.70.